The molecule has 4 nitrogen and oxygen atoms in total. The first kappa shape index (κ1) is 13.4. The molecule has 102 valence electrons. The molecular formula is C12H13Cl2N3OS. The first-order valence-electron chi connectivity index (χ1n) is 6.06. The Hall–Kier alpha value is -0.620. The molecule has 0 amide bonds. The Kier molecular flexibility index (Phi) is 3.80. The molecule has 1 fully saturated rings. The zero-order valence-corrected chi connectivity index (χ0v) is 12.6. The van der Waals surface area contributed by atoms with E-state index in [2.05, 4.69) is 14.0 Å². The Morgan fingerprint density at radius 2 is 2.11 bits per heavy atom. The first-order chi connectivity index (χ1) is 9.20. The molecule has 1 aliphatic heterocycles. The standard InChI is InChI=1S/C12H13Cl2N3OS/c1-18-5-9(6-2-3-6)15-10-7(13)4-8(14)11-12(10)17-19-16-11/h4,6,9,15H,2-3,5H2,1H3. The van der Waals surface area contributed by atoms with Crippen LogP contribution in [0, 0.1) is 5.92 Å². The first-order valence-corrected chi connectivity index (χ1v) is 7.55. The lowest BCUT2D eigenvalue weighted by Gasteiger charge is -2.20. The summed E-state index contributed by atoms with van der Waals surface area (Å²) in [6.45, 7) is 0.655. The monoisotopic (exact) mass is 317 g/mol. The molecule has 1 heterocycles. The van der Waals surface area contributed by atoms with Gasteiger partial charge < -0.3 is 10.1 Å². The summed E-state index contributed by atoms with van der Waals surface area (Å²) in [5, 5.41) is 4.57. The fourth-order valence-corrected chi connectivity index (χ4v) is 3.34. The largest absolute Gasteiger partial charge is 0.383 e. The van der Waals surface area contributed by atoms with Crippen LogP contribution in [-0.2, 0) is 16.1 Å². The molecule has 19 heavy (non-hydrogen) atoms. The number of rotatable bonds is 5. The van der Waals surface area contributed by atoms with Crippen molar-refractivity contribution in [3.05, 3.63) is 16.1 Å². The van der Waals surface area contributed by atoms with Crippen molar-refractivity contribution in [2.24, 2.45) is 14.6 Å². The van der Waals surface area contributed by atoms with Crippen LogP contribution >= 0.6 is 23.2 Å². The maximum absolute atomic E-state index is 6.28. The molecule has 1 saturated carbocycles. The molecule has 1 aliphatic carbocycles. The minimum Gasteiger partial charge on any atom is -0.383 e. The second kappa shape index (κ2) is 5.40. The molecule has 1 atom stereocenters. The number of nitrogens with one attached hydrogen (secondary N) is 1. The number of hydrogen-bond donors (Lipinski definition) is 1. The van der Waals surface area contributed by atoms with Gasteiger partial charge >= 0.3 is 0 Å². The van der Waals surface area contributed by atoms with E-state index in [1.54, 1.807) is 13.2 Å². The van der Waals surface area contributed by atoms with Crippen LogP contribution in [0.4, 0.5) is 17.1 Å². The lowest BCUT2D eigenvalue weighted by atomic mass is 10.1. The minimum atomic E-state index is 0.258. The van der Waals surface area contributed by atoms with E-state index in [4.69, 9.17) is 27.9 Å². The molecular weight excluding hydrogens is 305 g/mol. The molecule has 1 aromatic rings. The average molecular weight is 318 g/mol. The third-order valence-corrected chi connectivity index (χ3v) is 4.43. The van der Waals surface area contributed by atoms with Gasteiger partial charge in [0.25, 0.3) is 0 Å². The Bertz CT molecular complexity index is 583. The highest BCUT2D eigenvalue weighted by Crippen LogP contribution is 2.48. The topological polar surface area (TPSA) is 46.0 Å². The summed E-state index contributed by atoms with van der Waals surface area (Å²) in [4.78, 5) is 0. The predicted molar refractivity (Wildman–Crippen MR) is 80.0 cm³/mol. The van der Waals surface area contributed by atoms with Crippen LogP contribution in [-0.4, -0.2) is 19.8 Å². The number of hydrogen-bond acceptors (Lipinski definition) is 4. The summed E-state index contributed by atoms with van der Waals surface area (Å²) >= 11 is 13.5. The molecule has 0 spiro atoms. The Morgan fingerprint density at radius 3 is 2.79 bits per heavy atom. The van der Waals surface area contributed by atoms with Crippen LogP contribution in [0.2, 0.25) is 10.0 Å². The SMILES string of the molecule is COCC(Nc1c(Cl)cc(Cl)c2c1N=S=N2)C1CC1. The third kappa shape index (κ3) is 2.65. The normalized spacial score (nSPS) is 18.1. The van der Waals surface area contributed by atoms with Crippen molar-refractivity contribution >= 4 is 51.6 Å². The van der Waals surface area contributed by atoms with E-state index in [1.807, 2.05) is 0 Å². The zero-order chi connectivity index (χ0) is 13.4. The maximum atomic E-state index is 6.28. The van der Waals surface area contributed by atoms with E-state index in [1.165, 1.54) is 12.8 Å². The second-order valence-corrected chi connectivity index (χ2v) is 6.06. The minimum absolute atomic E-state index is 0.258. The van der Waals surface area contributed by atoms with E-state index < -0.39 is 0 Å². The third-order valence-electron chi connectivity index (χ3n) is 3.31. The number of nitrogens with zero attached hydrogens (tertiary/aromatic N) is 2. The number of halogens is 2. The summed E-state index contributed by atoms with van der Waals surface area (Å²) in [7, 11) is 1.71. The van der Waals surface area contributed by atoms with Crippen LogP contribution < -0.4 is 5.32 Å². The van der Waals surface area contributed by atoms with Crippen molar-refractivity contribution in [3.63, 3.8) is 0 Å². The molecule has 1 aromatic carbocycles. The number of fused-ring (bicyclic) bond motifs is 1. The highest BCUT2D eigenvalue weighted by molar-refractivity contribution is 7.58. The van der Waals surface area contributed by atoms with Gasteiger partial charge in [0, 0.05) is 7.11 Å². The van der Waals surface area contributed by atoms with Crippen molar-refractivity contribution in [1.82, 2.24) is 0 Å². The highest BCUT2D eigenvalue weighted by Gasteiger charge is 2.32. The second-order valence-electron chi connectivity index (χ2n) is 4.72. The van der Waals surface area contributed by atoms with Crippen LogP contribution in [0.25, 0.3) is 0 Å². The van der Waals surface area contributed by atoms with Gasteiger partial charge in [-0.25, -0.2) is 0 Å². The van der Waals surface area contributed by atoms with Gasteiger partial charge in [-0.3, -0.25) is 0 Å². The van der Waals surface area contributed by atoms with Crippen LogP contribution in [0.1, 0.15) is 12.8 Å². The quantitative estimate of drug-likeness (QED) is 0.878. The van der Waals surface area contributed by atoms with Gasteiger partial charge in [-0.15, -0.1) is 0 Å². The van der Waals surface area contributed by atoms with E-state index in [0.717, 1.165) is 22.7 Å². The van der Waals surface area contributed by atoms with Gasteiger partial charge in [0.2, 0.25) is 0 Å². The molecule has 1 N–H and O–H groups in total. The number of benzene rings is 1. The summed E-state index contributed by atoms with van der Waals surface area (Å²) in [6, 6.07) is 1.97. The summed E-state index contributed by atoms with van der Waals surface area (Å²) in [6.07, 6.45) is 2.45. The van der Waals surface area contributed by atoms with E-state index in [-0.39, 0.29) is 6.04 Å². The maximum Gasteiger partial charge on any atom is 0.130 e. The fourth-order valence-electron chi connectivity index (χ4n) is 2.17. The molecule has 0 radical (unpaired) electrons. The van der Waals surface area contributed by atoms with Crippen molar-refractivity contribution in [2.75, 3.05) is 19.0 Å². The van der Waals surface area contributed by atoms with Crippen LogP contribution in [0.5, 0.6) is 0 Å². The van der Waals surface area contributed by atoms with Crippen molar-refractivity contribution in [2.45, 2.75) is 18.9 Å². The van der Waals surface area contributed by atoms with Crippen LogP contribution in [0.15, 0.2) is 14.8 Å². The number of methoxy groups -OCH3 is 1. The van der Waals surface area contributed by atoms with Gasteiger partial charge in [0.15, 0.2) is 0 Å². The Labute approximate surface area is 125 Å². The van der Waals surface area contributed by atoms with Gasteiger partial charge in [0.1, 0.15) is 11.4 Å². The van der Waals surface area contributed by atoms with Crippen molar-refractivity contribution < 1.29 is 4.74 Å². The van der Waals surface area contributed by atoms with E-state index in [0.29, 0.717) is 28.3 Å². The zero-order valence-electron chi connectivity index (χ0n) is 10.3. The molecule has 7 heteroatoms. The fraction of sp³-hybridized carbons (Fsp3) is 0.500. The van der Waals surface area contributed by atoms with Crippen LogP contribution in [0.3, 0.4) is 0 Å². The molecule has 0 aromatic heterocycles. The lowest BCUT2D eigenvalue weighted by molar-refractivity contribution is 0.179. The molecule has 2 aliphatic rings. The Balaban J connectivity index is 1.92. The smallest absolute Gasteiger partial charge is 0.130 e. The average Bonchev–Trinajstić information content (AvgIpc) is 3.10. The number of ether oxygens (including phenoxy) is 1. The molecule has 0 saturated heterocycles. The van der Waals surface area contributed by atoms with Gasteiger partial charge in [-0.05, 0) is 24.8 Å². The van der Waals surface area contributed by atoms with Crippen molar-refractivity contribution in [1.29, 1.82) is 0 Å². The highest BCUT2D eigenvalue weighted by atomic mass is 35.5. The van der Waals surface area contributed by atoms with E-state index in [9.17, 15) is 0 Å². The van der Waals surface area contributed by atoms with Gasteiger partial charge in [-0.1, -0.05) is 23.2 Å². The lowest BCUT2D eigenvalue weighted by Crippen LogP contribution is -2.27. The molecule has 1 unspecified atom stereocenters. The summed E-state index contributed by atoms with van der Waals surface area (Å²) in [5.74, 6) is 0.647. The molecule has 3 rings (SSSR count). The van der Waals surface area contributed by atoms with Gasteiger partial charge in [0.05, 0.1) is 39.7 Å². The number of anilines is 1. The van der Waals surface area contributed by atoms with Gasteiger partial charge in [-0.2, -0.15) is 8.73 Å². The predicted octanol–water partition coefficient (Wildman–Crippen LogP) is 4.56. The molecule has 0 bridgehead atoms. The summed E-state index contributed by atoms with van der Waals surface area (Å²) < 4.78 is 13.8. The summed E-state index contributed by atoms with van der Waals surface area (Å²) in [5.41, 5.74) is 2.25. The van der Waals surface area contributed by atoms with Crippen molar-refractivity contribution in [3.8, 4) is 0 Å². The Morgan fingerprint density at radius 1 is 1.37 bits per heavy atom. The van der Waals surface area contributed by atoms with E-state index >= 15 is 0 Å².